The van der Waals surface area contributed by atoms with Crippen molar-refractivity contribution in [3.63, 3.8) is 0 Å². The van der Waals surface area contributed by atoms with Gasteiger partial charge in [0.15, 0.2) is 0 Å². The Morgan fingerprint density at radius 2 is 1.93 bits per heavy atom. The number of pyridine rings is 1. The highest BCUT2D eigenvalue weighted by molar-refractivity contribution is 5.14. The predicted octanol–water partition coefficient (Wildman–Crippen LogP) is 1.57. The molecule has 0 aromatic carbocycles. The van der Waals surface area contributed by atoms with Crippen LogP contribution < -0.4 is 5.73 Å². The summed E-state index contributed by atoms with van der Waals surface area (Å²) in [7, 11) is 0. The summed E-state index contributed by atoms with van der Waals surface area (Å²) in [6, 6.07) is 5.09. The second kappa shape index (κ2) is 4.73. The van der Waals surface area contributed by atoms with Crippen LogP contribution in [0.25, 0.3) is 0 Å². The Balaban J connectivity index is 1.99. The number of nitrogens with two attached hydrogens (primary N) is 1. The van der Waals surface area contributed by atoms with Crippen molar-refractivity contribution in [2.24, 2.45) is 5.73 Å². The monoisotopic (exact) mass is 205 g/mol. The van der Waals surface area contributed by atoms with Gasteiger partial charge in [0.2, 0.25) is 0 Å². The Morgan fingerprint density at radius 1 is 1.33 bits per heavy atom. The molecule has 0 bridgehead atoms. The highest BCUT2D eigenvalue weighted by Crippen LogP contribution is 2.22. The molecule has 0 aliphatic carbocycles. The minimum Gasteiger partial charge on any atom is -0.328 e. The molecule has 1 aliphatic heterocycles. The first-order chi connectivity index (χ1) is 7.27. The van der Waals surface area contributed by atoms with Gasteiger partial charge in [0.25, 0.3) is 0 Å². The topological polar surface area (TPSA) is 42.2 Å². The molecular weight excluding hydrogens is 186 g/mol. The number of nitrogens with zero attached hydrogens (tertiary/aromatic N) is 2. The van der Waals surface area contributed by atoms with Crippen LogP contribution in [0.5, 0.6) is 0 Å². The molecule has 3 nitrogen and oxygen atoms in total. The summed E-state index contributed by atoms with van der Waals surface area (Å²) < 4.78 is 0. The number of hydrogen-bond donors (Lipinski definition) is 1. The summed E-state index contributed by atoms with van der Waals surface area (Å²) in [5, 5.41) is 0. The van der Waals surface area contributed by atoms with E-state index in [4.69, 9.17) is 5.73 Å². The van der Waals surface area contributed by atoms with Gasteiger partial charge in [-0.2, -0.15) is 0 Å². The maximum Gasteiger partial charge on any atom is 0.0321 e. The molecule has 1 saturated heterocycles. The molecule has 0 spiro atoms. The molecule has 82 valence electrons. The lowest BCUT2D eigenvalue weighted by molar-refractivity contribution is 0.163. The van der Waals surface area contributed by atoms with Crippen molar-refractivity contribution in [1.82, 2.24) is 9.88 Å². The normalized spacial score (nSPS) is 21.5. The summed E-state index contributed by atoms with van der Waals surface area (Å²) >= 11 is 0. The van der Waals surface area contributed by atoms with Crippen LogP contribution in [0.4, 0.5) is 0 Å². The average molecular weight is 205 g/mol. The van der Waals surface area contributed by atoms with Crippen molar-refractivity contribution in [2.45, 2.75) is 31.8 Å². The molecule has 1 aliphatic rings. The fourth-order valence-corrected chi connectivity index (χ4v) is 2.16. The maximum absolute atomic E-state index is 5.90. The van der Waals surface area contributed by atoms with E-state index in [1.165, 1.54) is 5.56 Å². The van der Waals surface area contributed by atoms with E-state index in [-0.39, 0.29) is 0 Å². The van der Waals surface area contributed by atoms with Crippen molar-refractivity contribution < 1.29 is 0 Å². The van der Waals surface area contributed by atoms with Crippen LogP contribution in [0, 0.1) is 0 Å². The molecule has 0 saturated carbocycles. The largest absolute Gasteiger partial charge is 0.328 e. The van der Waals surface area contributed by atoms with Gasteiger partial charge in [-0.15, -0.1) is 0 Å². The van der Waals surface area contributed by atoms with Crippen LogP contribution in [0.3, 0.4) is 0 Å². The summed E-state index contributed by atoms with van der Waals surface area (Å²) in [5.41, 5.74) is 7.25. The number of piperidine rings is 1. The van der Waals surface area contributed by atoms with Gasteiger partial charge in [-0.25, -0.2) is 0 Å². The zero-order valence-electron chi connectivity index (χ0n) is 9.26. The van der Waals surface area contributed by atoms with Crippen molar-refractivity contribution in [2.75, 3.05) is 13.1 Å². The van der Waals surface area contributed by atoms with Crippen LogP contribution in [-0.4, -0.2) is 29.0 Å². The zero-order valence-corrected chi connectivity index (χ0v) is 9.26. The molecule has 1 aromatic rings. The molecule has 1 aromatic heterocycles. The lowest BCUT2D eigenvalue weighted by atomic mass is 10.0. The first-order valence-corrected chi connectivity index (χ1v) is 5.67. The zero-order chi connectivity index (χ0) is 10.7. The van der Waals surface area contributed by atoms with Crippen LogP contribution in [-0.2, 0) is 0 Å². The van der Waals surface area contributed by atoms with Gasteiger partial charge >= 0.3 is 0 Å². The second-order valence-electron chi connectivity index (χ2n) is 4.33. The quantitative estimate of drug-likeness (QED) is 0.797. The summed E-state index contributed by atoms with van der Waals surface area (Å²) in [6.07, 6.45) is 5.97. The third-order valence-electron chi connectivity index (χ3n) is 3.31. The molecule has 0 amide bonds. The standard InChI is InChI=1S/C12H19N3/c1-10(11-2-6-14-7-3-11)15-8-4-12(13)5-9-15/h2-3,6-7,10,12H,4-5,8-9,13H2,1H3/t10-/m1/s1. The molecular formula is C12H19N3. The molecule has 2 heterocycles. The van der Waals surface area contributed by atoms with Crippen molar-refractivity contribution in [1.29, 1.82) is 0 Å². The SMILES string of the molecule is C[C@H](c1ccncc1)N1CCC(N)CC1. The molecule has 0 unspecified atom stereocenters. The van der Waals surface area contributed by atoms with Crippen LogP contribution in [0.2, 0.25) is 0 Å². The first kappa shape index (κ1) is 10.6. The van der Waals surface area contributed by atoms with Gasteiger partial charge in [-0.05, 0) is 37.5 Å². The van der Waals surface area contributed by atoms with Crippen molar-refractivity contribution >= 4 is 0 Å². The van der Waals surface area contributed by atoms with Crippen molar-refractivity contribution in [3.8, 4) is 0 Å². The van der Waals surface area contributed by atoms with E-state index in [1.807, 2.05) is 12.4 Å². The average Bonchev–Trinajstić information content (AvgIpc) is 2.30. The van der Waals surface area contributed by atoms with E-state index in [1.54, 1.807) is 0 Å². The van der Waals surface area contributed by atoms with Gasteiger partial charge in [0, 0.05) is 37.6 Å². The minimum absolute atomic E-state index is 0.408. The van der Waals surface area contributed by atoms with E-state index in [0.29, 0.717) is 12.1 Å². The molecule has 1 fully saturated rings. The molecule has 2 N–H and O–H groups in total. The number of aromatic nitrogens is 1. The van der Waals surface area contributed by atoms with E-state index >= 15 is 0 Å². The lowest BCUT2D eigenvalue weighted by Gasteiger charge is -2.34. The number of rotatable bonds is 2. The summed E-state index contributed by atoms with van der Waals surface area (Å²) in [4.78, 5) is 6.55. The van der Waals surface area contributed by atoms with Crippen LogP contribution in [0.1, 0.15) is 31.4 Å². The Hall–Kier alpha value is -0.930. The highest BCUT2D eigenvalue weighted by atomic mass is 15.2. The van der Waals surface area contributed by atoms with Gasteiger partial charge < -0.3 is 5.73 Å². The molecule has 0 radical (unpaired) electrons. The highest BCUT2D eigenvalue weighted by Gasteiger charge is 2.21. The third kappa shape index (κ3) is 2.55. The molecule has 1 atom stereocenters. The van der Waals surface area contributed by atoms with Gasteiger partial charge in [0.1, 0.15) is 0 Å². The Labute approximate surface area is 91.3 Å². The third-order valence-corrected chi connectivity index (χ3v) is 3.31. The van der Waals surface area contributed by atoms with E-state index in [2.05, 4.69) is 28.9 Å². The van der Waals surface area contributed by atoms with E-state index in [0.717, 1.165) is 25.9 Å². The van der Waals surface area contributed by atoms with Gasteiger partial charge in [-0.1, -0.05) is 0 Å². The molecule has 15 heavy (non-hydrogen) atoms. The summed E-state index contributed by atoms with van der Waals surface area (Å²) in [5.74, 6) is 0. The van der Waals surface area contributed by atoms with Crippen LogP contribution >= 0.6 is 0 Å². The van der Waals surface area contributed by atoms with E-state index < -0.39 is 0 Å². The Morgan fingerprint density at radius 3 is 2.53 bits per heavy atom. The minimum atomic E-state index is 0.408. The van der Waals surface area contributed by atoms with Crippen molar-refractivity contribution in [3.05, 3.63) is 30.1 Å². The van der Waals surface area contributed by atoms with E-state index in [9.17, 15) is 0 Å². The summed E-state index contributed by atoms with van der Waals surface area (Å²) in [6.45, 7) is 4.49. The molecule has 2 rings (SSSR count). The second-order valence-corrected chi connectivity index (χ2v) is 4.33. The smallest absolute Gasteiger partial charge is 0.0321 e. The number of likely N-dealkylation sites (tertiary alicyclic amines) is 1. The Kier molecular flexibility index (Phi) is 3.34. The predicted molar refractivity (Wildman–Crippen MR) is 61.4 cm³/mol. The first-order valence-electron chi connectivity index (χ1n) is 5.67. The fraction of sp³-hybridized carbons (Fsp3) is 0.583. The molecule has 3 heteroatoms. The van der Waals surface area contributed by atoms with Gasteiger partial charge in [-0.3, -0.25) is 9.88 Å². The number of hydrogen-bond acceptors (Lipinski definition) is 3. The lowest BCUT2D eigenvalue weighted by Crippen LogP contribution is -2.40. The maximum atomic E-state index is 5.90. The van der Waals surface area contributed by atoms with Gasteiger partial charge in [0.05, 0.1) is 0 Å². The Bertz CT molecular complexity index is 291. The van der Waals surface area contributed by atoms with Crippen LogP contribution in [0.15, 0.2) is 24.5 Å². The fourth-order valence-electron chi connectivity index (χ4n) is 2.16.